The van der Waals surface area contributed by atoms with Gasteiger partial charge in [-0.2, -0.15) is 0 Å². The fraction of sp³-hybridized carbons (Fsp3) is 0.500. The van der Waals surface area contributed by atoms with E-state index in [1.807, 2.05) is 0 Å². The van der Waals surface area contributed by atoms with Crippen molar-refractivity contribution in [3.8, 4) is 0 Å². The minimum atomic E-state index is 0.660. The van der Waals surface area contributed by atoms with Crippen LogP contribution in [0.2, 0.25) is 0 Å². The van der Waals surface area contributed by atoms with E-state index in [9.17, 15) is 0 Å². The van der Waals surface area contributed by atoms with E-state index in [1.165, 1.54) is 61.4 Å². The summed E-state index contributed by atoms with van der Waals surface area (Å²) in [7, 11) is 0. The summed E-state index contributed by atoms with van der Waals surface area (Å²) in [6, 6.07) is 16.0. The minimum absolute atomic E-state index is 0.660. The van der Waals surface area contributed by atoms with Crippen molar-refractivity contribution in [1.82, 2.24) is 0 Å². The lowest BCUT2D eigenvalue weighted by Gasteiger charge is -2.18. The molecule has 0 aliphatic heterocycles. The molecule has 2 aromatic rings. The summed E-state index contributed by atoms with van der Waals surface area (Å²) < 4.78 is 0. The van der Waals surface area contributed by atoms with Crippen LogP contribution >= 0.6 is 0 Å². The van der Waals surface area contributed by atoms with Gasteiger partial charge in [-0.05, 0) is 48.1 Å². The molecule has 0 radical (unpaired) electrons. The van der Waals surface area contributed by atoms with Gasteiger partial charge in [-0.25, -0.2) is 0 Å². The van der Waals surface area contributed by atoms with Crippen molar-refractivity contribution >= 4 is 16.5 Å². The number of hydrogen-bond acceptors (Lipinski definition) is 1. The van der Waals surface area contributed by atoms with Crippen molar-refractivity contribution in [2.75, 3.05) is 5.32 Å². The highest BCUT2D eigenvalue weighted by molar-refractivity contribution is 5.85. The lowest BCUT2D eigenvalue weighted by molar-refractivity contribution is 0.422. The highest BCUT2D eigenvalue weighted by Crippen LogP contribution is 2.29. The Bertz CT molecular complexity index is 575. The van der Waals surface area contributed by atoms with Gasteiger partial charge in [0.05, 0.1) is 0 Å². The Kier molecular flexibility index (Phi) is 4.80. The van der Waals surface area contributed by atoms with E-state index < -0.39 is 0 Å². The number of fused-ring (bicyclic) bond motifs is 1. The molecular formula is C20H27N. The maximum Gasteiger partial charge on any atom is 0.0348 e. The van der Waals surface area contributed by atoms with Crippen LogP contribution in [0.1, 0.15) is 51.9 Å². The lowest BCUT2D eigenvalue weighted by Crippen LogP contribution is -2.18. The Balaban J connectivity index is 1.64. The largest absolute Gasteiger partial charge is 0.382 e. The molecule has 0 aromatic heterocycles. The zero-order valence-electron chi connectivity index (χ0n) is 13.1. The van der Waals surface area contributed by atoms with E-state index >= 15 is 0 Å². The van der Waals surface area contributed by atoms with Crippen molar-refractivity contribution in [3.05, 3.63) is 42.5 Å². The first-order valence-corrected chi connectivity index (χ1v) is 8.60. The number of hydrogen-bond donors (Lipinski definition) is 1. The first-order valence-electron chi connectivity index (χ1n) is 8.60. The van der Waals surface area contributed by atoms with Crippen LogP contribution in [0.15, 0.2) is 42.5 Å². The second-order valence-corrected chi connectivity index (χ2v) is 6.57. The van der Waals surface area contributed by atoms with E-state index in [2.05, 4.69) is 54.7 Å². The van der Waals surface area contributed by atoms with E-state index in [0.717, 1.165) is 5.92 Å². The Morgan fingerprint density at radius 2 is 1.81 bits per heavy atom. The number of nitrogens with one attached hydrogen (secondary N) is 1. The third-order valence-electron chi connectivity index (χ3n) is 4.91. The summed E-state index contributed by atoms with van der Waals surface area (Å²) in [6.45, 7) is 2.32. The third kappa shape index (κ3) is 3.78. The average molecular weight is 281 g/mol. The van der Waals surface area contributed by atoms with Gasteiger partial charge in [0.25, 0.3) is 0 Å². The van der Waals surface area contributed by atoms with Gasteiger partial charge in [0.15, 0.2) is 0 Å². The predicted molar refractivity (Wildman–Crippen MR) is 92.8 cm³/mol. The van der Waals surface area contributed by atoms with Crippen molar-refractivity contribution in [2.45, 2.75) is 57.9 Å². The van der Waals surface area contributed by atoms with E-state index in [1.54, 1.807) is 0 Å². The van der Waals surface area contributed by atoms with E-state index in [4.69, 9.17) is 0 Å². The molecule has 21 heavy (non-hydrogen) atoms. The molecular weight excluding hydrogens is 254 g/mol. The van der Waals surface area contributed by atoms with Gasteiger partial charge in [0.2, 0.25) is 0 Å². The summed E-state index contributed by atoms with van der Waals surface area (Å²) in [6.07, 6.45) is 9.64. The summed E-state index contributed by atoms with van der Waals surface area (Å²) in [5, 5.41) is 6.43. The summed E-state index contributed by atoms with van der Waals surface area (Å²) in [5.74, 6) is 0.971. The zero-order valence-corrected chi connectivity index (χ0v) is 13.1. The zero-order chi connectivity index (χ0) is 14.5. The van der Waals surface area contributed by atoms with Crippen LogP contribution in [0.4, 0.5) is 5.69 Å². The molecule has 2 unspecified atom stereocenters. The van der Waals surface area contributed by atoms with Crippen LogP contribution in [-0.4, -0.2) is 6.04 Å². The van der Waals surface area contributed by atoms with Crippen LogP contribution in [0.25, 0.3) is 10.8 Å². The molecule has 0 bridgehead atoms. The molecule has 2 atom stereocenters. The molecule has 0 amide bonds. The molecule has 1 heteroatoms. The number of benzene rings is 2. The van der Waals surface area contributed by atoms with Gasteiger partial charge in [0, 0.05) is 11.7 Å². The molecule has 0 spiro atoms. The molecule has 1 fully saturated rings. The quantitative estimate of drug-likeness (QED) is 0.678. The molecule has 1 aliphatic carbocycles. The highest BCUT2D eigenvalue weighted by atomic mass is 14.9. The van der Waals surface area contributed by atoms with Crippen LogP contribution in [0, 0.1) is 5.92 Å². The first-order chi connectivity index (χ1) is 10.3. The van der Waals surface area contributed by atoms with Crippen molar-refractivity contribution < 1.29 is 0 Å². The standard InChI is InChI=1S/C20H27N/c1-2-6-16-7-5-10-19(13-11-16)21-20-14-12-17-8-3-4-9-18(17)15-20/h3-4,8-9,12,14-16,19,21H,2,5-7,10-11,13H2,1H3. The molecule has 0 saturated heterocycles. The molecule has 1 nitrogen and oxygen atoms in total. The molecule has 0 heterocycles. The fourth-order valence-electron chi connectivity index (χ4n) is 3.73. The Hall–Kier alpha value is -1.50. The van der Waals surface area contributed by atoms with Gasteiger partial charge in [0.1, 0.15) is 0 Å². The predicted octanol–water partition coefficient (Wildman–Crippen LogP) is 6.00. The fourth-order valence-corrected chi connectivity index (χ4v) is 3.73. The maximum absolute atomic E-state index is 3.78. The molecule has 1 N–H and O–H groups in total. The van der Waals surface area contributed by atoms with Crippen LogP contribution in [0.5, 0.6) is 0 Å². The average Bonchev–Trinajstić information content (AvgIpc) is 2.73. The van der Waals surface area contributed by atoms with Gasteiger partial charge >= 0.3 is 0 Å². The lowest BCUT2D eigenvalue weighted by atomic mass is 9.95. The summed E-state index contributed by atoms with van der Waals surface area (Å²) in [4.78, 5) is 0. The number of rotatable bonds is 4. The molecule has 3 rings (SSSR count). The maximum atomic E-state index is 3.78. The first kappa shape index (κ1) is 14.4. The second-order valence-electron chi connectivity index (χ2n) is 6.57. The van der Waals surface area contributed by atoms with Crippen LogP contribution < -0.4 is 5.32 Å². The molecule has 1 aliphatic rings. The molecule has 112 valence electrons. The van der Waals surface area contributed by atoms with Crippen molar-refractivity contribution in [1.29, 1.82) is 0 Å². The monoisotopic (exact) mass is 281 g/mol. The highest BCUT2D eigenvalue weighted by Gasteiger charge is 2.18. The van der Waals surface area contributed by atoms with Crippen molar-refractivity contribution in [3.63, 3.8) is 0 Å². The smallest absolute Gasteiger partial charge is 0.0348 e. The van der Waals surface area contributed by atoms with Gasteiger partial charge in [-0.15, -0.1) is 0 Å². The van der Waals surface area contributed by atoms with Gasteiger partial charge in [-0.3, -0.25) is 0 Å². The van der Waals surface area contributed by atoms with Crippen LogP contribution in [-0.2, 0) is 0 Å². The summed E-state index contributed by atoms with van der Waals surface area (Å²) >= 11 is 0. The van der Waals surface area contributed by atoms with E-state index in [0.29, 0.717) is 6.04 Å². The van der Waals surface area contributed by atoms with Gasteiger partial charge < -0.3 is 5.32 Å². The third-order valence-corrected chi connectivity index (χ3v) is 4.91. The minimum Gasteiger partial charge on any atom is -0.382 e. The number of anilines is 1. The Morgan fingerprint density at radius 1 is 0.952 bits per heavy atom. The molecule has 2 aromatic carbocycles. The summed E-state index contributed by atoms with van der Waals surface area (Å²) in [5.41, 5.74) is 1.28. The SMILES string of the molecule is CCCC1CCCC(Nc2ccc3ccccc3c2)CC1. The van der Waals surface area contributed by atoms with Crippen LogP contribution in [0.3, 0.4) is 0 Å². The second kappa shape index (κ2) is 6.98. The molecule has 1 saturated carbocycles. The van der Waals surface area contributed by atoms with E-state index in [-0.39, 0.29) is 0 Å². The normalized spacial score (nSPS) is 22.9. The Labute approximate surface area is 128 Å². The Morgan fingerprint density at radius 3 is 2.67 bits per heavy atom. The van der Waals surface area contributed by atoms with Crippen molar-refractivity contribution in [2.24, 2.45) is 5.92 Å². The topological polar surface area (TPSA) is 12.0 Å². The van der Waals surface area contributed by atoms with Gasteiger partial charge in [-0.1, -0.05) is 62.9 Å².